The molecule has 0 spiro atoms. The first-order valence-electron chi connectivity index (χ1n) is 13.4. The number of pyridine rings is 1. The number of ether oxygens (including phenoxy) is 2. The number of carbonyl (C=O) groups is 1. The van der Waals surface area contributed by atoms with Crippen LogP contribution in [0.15, 0.2) is 48.8 Å². The number of amides is 1. The highest BCUT2D eigenvalue weighted by molar-refractivity contribution is 6.29. The highest BCUT2D eigenvalue weighted by Crippen LogP contribution is 2.32. The number of piperidine rings is 1. The van der Waals surface area contributed by atoms with Gasteiger partial charge in [0.2, 0.25) is 0 Å². The van der Waals surface area contributed by atoms with Gasteiger partial charge in [0, 0.05) is 50.2 Å². The maximum Gasteiger partial charge on any atom is 0.411 e. The summed E-state index contributed by atoms with van der Waals surface area (Å²) in [5.41, 5.74) is 3.48. The minimum atomic E-state index is -0.514. The molecule has 12 heteroatoms. The van der Waals surface area contributed by atoms with Gasteiger partial charge in [-0.15, -0.1) is 0 Å². The minimum absolute atomic E-state index is 0.240. The average molecular weight is 563 g/mol. The number of anilines is 2. The fraction of sp³-hybridized carbons (Fsp3) is 0.393. The number of nitrogens with zero attached hydrogens (tertiary/aromatic N) is 7. The maximum atomic E-state index is 11.6. The van der Waals surface area contributed by atoms with E-state index in [9.17, 15) is 4.79 Å². The van der Waals surface area contributed by atoms with E-state index in [0.29, 0.717) is 29.9 Å². The Morgan fingerprint density at radius 1 is 1.05 bits per heavy atom. The molecule has 0 atom stereocenters. The number of hydrogen-bond acceptors (Lipinski definition) is 9. The van der Waals surface area contributed by atoms with Crippen LogP contribution in [0.4, 0.5) is 16.3 Å². The van der Waals surface area contributed by atoms with Crippen molar-refractivity contribution < 1.29 is 14.3 Å². The van der Waals surface area contributed by atoms with Gasteiger partial charge in [0.1, 0.15) is 11.0 Å². The molecule has 0 saturated carbocycles. The third-order valence-corrected chi connectivity index (χ3v) is 7.64. The smallest absolute Gasteiger partial charge is 0.411 e. The maximum absolute atomic E-state index is 11.6. The van der Waals surface area contributed by atoms with Gasteiger partial charge in [-0.05, 0) is 48.7 Å². The highest BCUT2D eigenvalue weighted by Gasteiger charge is 2.26. The highest BCUT2D eigenvalue weighted by atomic mass is 35.5. The first kappa shape index (κ1) is 26.4. The predicted octanol–water partition coefficient (Wildman–Crippen LogP) is 4.39. The van der Waals surface area contributed by atoms with E-state index in [4.69, 9.17) is 36.1 Å². The third kappa shape index (κ3) is 5.72. The van der Waals surface area contributed by atoms with Crippen LogP contribution in [0, 0.1) is 0 Å². The minimum Gasteiger partial charge on any atom is -0.453 e. The molecule has 1 N–H and O–H groups in total. The van der Waals surface area contributed by atoms with Crippen molar-refractivity contribution in [2.75, 3.05) is 56.7 Å². The van der Waals surface area contributed by atoms with E-state index >= 15 is 0 Å². The van der Waals surface area contributed by atoms with Gasteiger partial charge in [-0.1, -0.05) is 17.7 Å². The molecule has 0 unspecified atom stereocenters. The first-order chi connectivity index (χ1) is 19.6. The summed E-state index contributed by atoms with van der Waals surface area (Å²) in [4.78, 5) is 30.5. The van der Waals surface area contributed by atoms with Gasteiger partial charge in [-0.25, -0.2) is 24.4 Å². The molecular formula is C28H31ClN8O3. The van der Waals surface area contributed by atoms with Crippen LogP contribution in [0.2, 0.25) is 5.15 Å². The van der Waals surface area contributed by atoms with Crippen molar-refractivity contribution in [3.05, 3.63) is 59.5 Å². The molecule has 2 saturated heterocycles. The summed E-state index contributed by atoms with van der Waals surface area (Å²) in [6, 6.07) is 11.6. The number of methoxy groups -OCH3 is 1. The zero-order chi connectivity index (χ0) is 27.5. The number of rotatable bonds is 6. The summed E-state index contributed by atoms with van der Waals surface area (Å²) < 4.78 is 12.4. The summed E-state index contributed by atoms with van der Waals surface area (Å²) >= 11 is 5.95. The van der Waals surface area contributed by atoms with Gasteiger partial charge >= 0.3 is 6.09 Å². The molecule has 0 aliphatic carbocycles. The number of morpholine rings is 1. The molecule has 2 aliphatic rings. The predicted molar refractivity (Wildman–Crippen MR) is 153 cm³/mol. The Morgan fingerprint density at radius 2 is 1.82 bits per heavy atom. The van der Waals surface area contributed by atoms with Crippen LogP contribution in [0.3, 0.4) is 0 Å². The third-order valence-electron chi connectivity index (χ3n) is 7.42. The second-order valence-electron chi connectivity index (χ2n) is 9.99. The Morgan fingerprint density at radius 3 is 2.52 bits per heavy atom. The lowest BCUT2D eigenvalue weighted by molar-refractivity contribution is 0.122. The van der Waals surface area contributed by atoms with Gasteiger partial charge in [-0.3, -0.25) is 10.2 Å². The van der Waals surface area contributed by atoms with Crippen molar-refractivity contribution in [1.29, 1.82) is 0 Å². The summed E-state index contributed by atoms with van der Waals surface area (Å²) in [6.45, 7) is 5.60. The Labute approximate surface area is 237 Å². The molecule has 2 aliphatic heterocycles. The number of hydrogen-bond donors (Lipinski definition) is 1. The van der Waals surface area contributed by atoms with Crippen LogP contribution in [0.1, 0.15) is 24.4 Å². The lowest BCUT2D eigenvalue weighted by Crippen LogP contribution is -2.37. The van der Waals surface area contributed by atoms with Gasteiger partial charge in [0.15, 0.2) is 11.5 Å². The lowest BCUT2D eigenvalue weighted by Gasteiger charge is -2.32. The van der Waals surface area contributed by atoms with Gasteiger partial charge in [0.25, 0.3) is 0 Å². The van der Waals surface area contributed by atoms with E-state index in [2.05, 4.69) is 24.8 Å². The van der Waals surface area contributed by atoms with Crippen LogP contribution in [-0.4, -0.2) is 82.2 Å². The largest absolute Gasteiger partial charge is 0.453 e. The Hall–Kier alpha value is -3.80. The molecule has 1 amide bonds. The molecule has 5 heterocycles. The Kier molecular flexibility index (Phi) is 7.76. The van der Waals surface area contributed by atoms with E-state index in [1.54, 1.807) is 0 Å². The molecule has 0 bridgehead atoms. The molecule has 0 radical (unpaired) electrons. The molecule has 208 valence electrons. The van der Waals surface area contributed by atoms with Crippen molar-refractivity contribution in [2.45, 2.75) is 25.4 Å². The van der Waals surface area contributed by atoms with Crippen molar-refractivity contribution in [1.82, 2.24) is 29.6 Å². The normalized spacial score (nSPS) is 16.8. The zero-order valence-electron chi connectivity index (χ0n) is 22.3. The van der Waals surface area contributed by atoms with Gasteiger partial charge in [-0.2, -0.15) is 5.10 Å². The van der Waals surface area contributed by atoms with Crippen LogP contribution in [0.5, 0.6) is 0 Å². The van der Waals surface area contributed by atoms with E-state index in [0.717, 1.165) is 73.5 Å². The summed E-state index contributed by atoms with van der Waals surface area (Å²) in [5, 5.41) is 8.98. The Bertz CT molecular complexity index is 1460. The van der Waals surface area contributed by atoms with Crippen molar-refractivity contribution in [3.8, 4) is 11.4 Å². The number of likely N-dealkylation sites (tertiary alicyclic amines) is 1. The number of halogens is 1. The van der Waals surface area contributed by atoms with Gasteiger partial charge in [0.05, 0.1) is 37.9 Å². The fourth-order valence-corrected chi connectivity index (χ4v) is 5.39. The molecule has 3 aromatic heterocycles. The standard InChI is InChI=1S/C28H31ClN8O3/c1-39-28(38)32-21-5-3-20(4-6-21)25-33-26(36-12-14-40-15-13-36)23-17-31-37(27(23)34-25)22-8-10-35(11-9-22)18-19-2-7-24(29)30-16-19/h2-7,16-17,22H,8-15,18H2,1H3,(H,32,38). The molecule has 40 heavy (non-hydrogen) atoms. The Balaban J connectivity index is 1.27. The number of fused-ring (bicyclic) bond motifs is 1. The molecule has 4 aromatic rings. The summed E-state index contributed by atoms with van der Waals surface area (Å²) in [7, 11) is 1.34. The fourth-order valence-electron chi connectivity index (χ4n) is 5.28. The molecule has 6 rings (SSSR count). The molecule has 1 aromatic carbocycles. The van der Waals surface area contributed by atoms with Crippen molar-refractivity contribution >= 4 is 40.2 Å². The monoisotopic (exact) mass is 562 g/mol. The SMILES string of the molecule is COC(=O)Nc1ccc(-c2nc(N3CCOCC3)c3cnn(C4CCN(Cc5ccc(Cl)nc5)CC4)c3n2)cc1. The molecule has 2 fully saturated rings. The van der Waals surface area contributed by atoms with Crippen molar-refractivity contribution in [3.63, 3.8) is 0 Å². The first-order valence-corrected chi connectivity index (χ1v) is 13.8. The summed E-state index contributed by atoms with van der Waals surface area (Å²) in [5.74, 6) is 1.49. The van der Waals surface area contributed by atoms with Crippen LogP contribution < -0.4 is 10.2 Å². The van der Waals surface area contributed by atoms with E-state index in [-0.39, 0.29) is 6.04 Å². The van der Waals surface area contributed by atoms with Crippen LogP contribution in [-0.2, 0) is 16.0 Å². The number of aromatic nitrogens is 5. The molecule has 11 nitrogen and oxygen atoms in total. The van der Waals surface area contributed by atoms with Crippen LogP contribution >= 0.6 is 11.6 Å². The average Bonchev–Trinajstić information content (AvgIpc) is 3.43. The number of carbonyl (C=O) groups excluding carboxylic acids is 1. The zero-order valence-corrected chi connectivity index (χ0v) is 23.0. The van der Waals surface area contributed by atoms with E-state index < -0.39 is 6.09 Å². The van der Waals surface area contributed by atoms with E-state index in [1.807, 2.05) is 48.8 Å². The quantitative estimate of drug-likeness (QED) is 0.342. The van der Waals surface area contributed by atoms with E-state index in [1.165, 1.54) is 7.11 Å². The van der Waals surface area contributed by atoms with Crippen LogP contribution in [0.25, 0.3) is 22.4 Å². The number of benzene rings is 1. The second kappa shape index (κ2) is 11.7. The topological polar surface area (TPSA) is 111 Å². The van der Waals surface area contributed by atoms with Gasteiger partial charge < -0.3 is 14.4 Å². The molecular weight excluding hydrogens is 532 g/mol. The van der Waals surface area contributed by atoms with Crippen molar-refractivity contribution in [2.24, 2.45) is 0 Å². The lowest BCUT2D eigenvalue weighted by atomic mass is 10.0. The number of nitrogens with one attached hydrogen (secondary N) is 1. The second-order valence-corrected chi connectivity index (χ2v) is 10.4. The summed E-state index contributed by atoms with van der Waals surface area (Å²) in [6.07, 6.45) is 5.17.